The molecule has 0 saturated heterocycles. The zero-order valence-electron chi connectivity index (χ0n) is 13.4. The second-order valence-electron chi connectivity index (χ2n) is 5.10. The van der Waals surface area contributed by atoms with Gasteiger partial charge in [-0.2, -0.15) is 11.8 Å². The number of nitrogens with zero attached hydrogens (tertiary/aromatic N) is 1. The van der Waals surface area contributed by atoms with Crippen molar-refractivity contribution in [3.05, 3.63) is 57.0 Å². The van der Waals surface area contributed by atoms with Crippen LogP contribution >= 0.6 is 34.7 Å². The summed E-state index contributed by atoms with van der Waals surface area (Å²) in [6.07, 6.45) is 0. The summed E-state index contributed by atoms with van der Waals surface area (Å²) < 4.78 is 14.2. The van der Waals surface area contributed by atoms with Crippen LogP contribution in [0.2, 0.25) is 4.34 Å². The van der Waals surface area contributed by atoms with E-state index in [0.29, 0.717) is 31.0 Å². The molecule has 0 spiro atoms. The normalized spacial score (nSPS) is 10.6. The van der Waals surface area contributed by atoms with Gasteiger partial charge in [-0.3, -0.25) is 0 Å². The highest BCUT2D eigenvalue weighted by Crippen LogP contribution is 2.22. The molecule has 0 saturated carbocycles. The highest BCUT2D eigenvalue weighted by atomic mass is 35.5. The predicted octanol–water partition coefficient (Wildman–Crippen LogP) is 5.01. The van der Waals surface area contributed by atoms with Gasteiger partial charge in [0.05, 0.1) is 10.9 Å². The van der Waals surface area contributed by atoms with E-state index in [4.69, 9.17) is 11.6 Å². The molecule has 2 amide bonds. The molecule has 3 nitrogen and oxygen atoms in total. The van der Waals surface area contributed by atoms with Crippen molar-refractivity contribution in [2.45, 2.75) is 19.2 Å². The number of carbonyl (C=O) groups excluding carboxylic acids is 1. The number of hydrogen-bond donors (Lipinski definition) is 1. The fourth-order valence-corrected chi connectivity index (χ4v) is 4.04. The minimum atomic E-state index is -0.180. The van der Waals surface area contributed by atoms with Gasteiger partial charge in [-0.1, -0.05) is 29.8 Å². The van der Waals surface area contributed by atoms with Crippen LogP contribution in [0.4, 0.5) is 9.18 Å². The summed E-state index contributed by atoms with van der Waals surface area (Å²) in [5.41, 5.74) is 0.693. The molecule has 0 fully saturated rings. The van der Waals surface area contributed by atoms with Gasteiger partial charge in [0, 0.05) is 29.5 Å². The van der Waals surface area contributed by atoms with Crippen LogP contribution in [0.5, 0.6) is 0 Å². The Morgan fingerprint density at radius 3 is 2.79 bits per heavy atom. The Morgan fingerprint density at radius 1 is 1.33 bits per heavy atom. The fourth-order valence-electron chi connectivity index (χ4n) is 2.09. The minimum absolute atomic E-state index is 0.0893. The average Bonchev–Trinajstić information content (AvgIpc) is 2.98. The number of thiophene rings is 1. The molecule has 2 rings (SSSR count). The first-order valence-electron chi connectivity index (χ1n) is 7.68. The van der Waals surface area contributed by atoms with E-state index >= 15 is 0 Å². The van der Waals surface area contributed by atoms with Crippen LogP contribution in [0.3, 0.4) is 0 Å². The quantitative estimate of drug-likeness (QED) is 0.647. The van der Waals surface area contributed by atoms with Crippen LogP contribution in [0, 0.1) is 5.82 Å². The molecule has 2 aromatic rings. The molecule has 130 valence electrons. The summed E-state index contributed by atoms with van der Waals surface area (Å²) in [5, 5.41) is 2.91. The van der Waals surface area contributed by atoms with Gasteiger partial charge in [-0.15, -0.1) is 11.3 Å². The molecule has 24 heavy (non-hydrogen) atoms. The van der Waals surface area contributed by atoms with Crippen LogP contribution in [-0.2, 0) is 12.3 Å². The number of nitrogens with one attached hydrogen (secondary N) is 1. The molecule has 7 heteroatoms. The van der Waals surface area contributed by atoms with Gasteiger partial charge >= 0.3 is 6.03 Å². The number of urea groups is 1. The van der Waals surface area contributed by atoms with Crippen molar-refractivity contribution >= 4 is 40.7 Å². The third-order valence-electron chi connectivity index (χ3n) is 3.38. The maximum Gasteiger partial charge on any atom is 0.317 e. The van der Waals surface area contributed by atoms with Crippen LogP contribution in [0.25, 0.3) is 0 Å². The van der Waals surface area contributed by atoms with Crippen molar-refractivity contribution in [3.63, 3.8) is 0 Å². The predicted molar refractivity (Wildman–Crippen MR) is 101 cm³/mol. The molecule has 0 atom stereocenters. The first kappa shape index (κ1) is 19.1. The van der Waals surface area contributed by atoms with Crippen molar-refractivity contribution in [1.29, 1.82) is 0 Å². The van der Waals surface area contributed by atoms with Gasteiger partial charge in [0.15, 0.2) is 0 Å². The first-order chi connectivity index (χ1) is 11.6. The highest BCUT2D eigenvalue weighted by Gasteiger charge is 2.12. The van der Waals surface area contributed by atoms with E-state index in [-0.39, 0.29) is 11.8 Å². The summed E-state index contributed by atoms with van der Waals surface area (Å²) >= 11 is 9.00. The van der Waals surface area contributed by atoms with Gasteiger partial charge in [0.1, 0.15) is 5.82 Å². The number of benzene rings is 1. The van der Waals surface area contributed by atoms with E-state index in [1.54, 1.807) is 28.8 Å². The zero-order valence-corrected chi connectivity index (χ0v) is 15.8. The largest absolute Gasteiger partial charge is 0.337 e. The average molecular weight is 387 g/mol. The molecule has 0 aliphatic rings. The molecule has 0 bridgehead atoms. The van der Waals surface area contributed by atoms with Crippen LogP contribution in [0.15, 0.2) is 36.4 Å². The monoisotopic (exact) mass is 386 g/mol. The van der Waals surface area contributed by atoms with Crippen molar-refractivity contribution < 1.29 is 9.18 Å². The summed E-state index contributed by atoms with van der Waals surface area (Å²) in [5.74, 6) is 1.16. The minimum Gasteiger partial charge on any atom is -0.337 e. The Hall–Kier alpha value is -1.24. The lowest BCUT2D eigenvalue weighted by Crippen LogP contribution is -2.40. The second-order valence-corrected chi connectivity index (χ2v) is 8.00. The molecule has 0 aliphatic carbocycles. The topological polar surface area (TPSA) is 32.3 Å². The number of carbonyl (C=O) groups is 1. The van der Waals surface area contributed by atoms with Crippen LogP contribution < -0.4 is 5.32 Å². The maximum atomic E-state index is 13.5. The molecule has 1 aromatic carbocycles. The van der Waals surface area contributed by atoms with Gasteiger partial charge < -0.3 is 10.2 Å². The first-order valence-corrected chi connectivity index (χ1v) is 10.0. The lowest BCUT2D eigenvalue weighted by molar-refractivity contribution is 0.199. The third-order valence-corrected chi connectivity index (χ3v) is 5.61. The SMILES string of the molecule is CCN(Cc1ccc(Cl)s1)C(=O)NCCSCc1ccccc1F. The van der Waals surface area contributed by atoms with Crippen LogP contribution in [0.1, 0.15) is 17.4 Å². The Balaban J connectivity index is 1.68. The van der Waals surface area contributed by atoms with Gasteiger partial charge in [0.2, 0.25) is 0 Å². The summed E-state index contributed by atoms with van der Waals surface area (Å²) in [6, 6.07) is 10.5. The zero-order chi connectivity index (χ0) is 17.4. The Morgan fingerprint density at radius 2 is 2.12 bits per heavy atom. The number of thioether (sulfide) groups is 1. The fraction of sp³-hybridized carbons (Fsp3) is 0.353. The highest BCUT2D eigenvalue weighted by molar-refractivity contribution is 7.98. The molecule has 1 heterocycles. The molecule has 0 aliphatic heterocycles. The van der Waals surface area contributed by atoms with E-state index in [0.717, 1.165) is 15.0 Å². The van der Waals surface area contributed by atoms with E-state index < -0.39 is 0 Å². The number of amides is 2. The molecular formula is C17H20ClFN2OS2. The van der Waals surface area contributed by atoms with Gasteiger partial charge in [-0.25, -0.2) is 9.18 Å². The summed E-state index contributed by atoms with van der Waals surface area (Å²) in [7, 11) is 0. The maximum absolute atomic E-state index is 13.5. The van der Waals surface area contributed by atoms with Crippen molar-refractivity contribution in [2.24, 2.45) is 0 Å². The van der Waals surface area contributed by atoms with Gasteiger partial charge in [-0.05, 0) is 30.7 Å². The van der Waals surface area contributed by atoms with Crippen molar-refractivity contribution in [2.75, 3.05) is 18.8 Å². The van der Waals surface area contributed by atoms with Gasteiger partial charge in [0.25, 0.3) is 0 Å². The van der Waals surface area contributed by atoms with E-state index in [9.17, 15) is 9.18 Å². The molecular weight excluding hydrogens is 367 g/mol. The van der Waals surface area contributed by atoms with Crippen molar-refractivity contribution in [3.8, 4) is 0 Å². The van der Waals surface area contributed by atoms with E-state index in [1.807, 2.05) is 25.1 Å². The number of halogens is 2. The Kier molecular flexibility index (Phi) is 7.88. The van der Waals surface area contributed by atoms with Crippen LogP contribution in [-0.4, -0.2) is 29.8 Å². The molecule has 1 aromatic heterocycles. The lowest BCUT2D eigenvalue weighted by Gasteiger charge is -2.20. The molecule has 0 unspecified atom stereocenters. The lowest BCUT2D eigenvalue weighted by atomic mass is 10.2. The molecule has 0 radical (unpaired) electrons. The van der Waals surface area contributed by atoms with E-state index in [1.165, 1.54) is 17.4 Å². The summed E-state index contributed by atoms with van der Waals surface area (Å²) in [6.45, 7) is 3.69. The Bertz CT molecular complexity index is 666. The molecule has 1 N–H and O–H groups in total. The second kappa shape index (κ2) is 9.91. The van der Waals surface area contributed by atoms with E-state index in [2.05, 4.69) is 5.32 Å². The third kappa shape index (κ3) is 6.00. The standard InChI is InChI=1S/C17H20ClFN2OS2/c1-2-21(11-14-7-8-16(18)24-14)17(22)20-9-10-23-12-13-5-3-4-6-15(13)19/h3-8H,2,9-12H2,1H3,(H,20,22). The van der Waals surface area contributed by atoms with Crippen molar-refractivity contribution in [1.82, 2.24) is 10.2 Å². The number of hydrogen-bond acceptors (Lipinski definition) is 3. The number of rotatable bonds is 8. The Labute approximate surface area is 155 Å². The smallest absolute Gasteiger partial charge is 0.317 e. The summed E-state index contributed by atoms with van der Waals surface area (Å²) in [4.78, 5) is 15.0.